The van der Waals surface area contributed by atoms with Crippen LogP contribution in [0.2, 0.25) is 0 Å². The topological polar surface area (TPSA) is 56.3 Å². The Kier molecular flexibility index (Phi) is 4.70. The molecule has 0 saturated heterocycles. The van der Waals surface area contributed by atoms with E-state index in [1.54, 1.807) is 14.2 Å². The van der Waals surface area contributed by atoms with Gasteiger partial charge in [-0.1, -0.05) is 17.5 Å². The molecule has 102 valence electrons. The van der Waals surface area contributed by atoms with Crippen molar-refractivity contribution >= 4 is 11.5 Å². The van der Waals surface area contributed by atoms with Gasteiger partial charge in [0.15, 0.2) is 11.5 Å². The van der Waals surface area contributed by atoms with Crippen LogP contribution >= 0.6 is 11.5 Å². The second kappa shape index (κ2) is 6.49. The molecular weight excluding hydrogens is 262 g/mol. The lowest BCUT2D eigenvalue weighted by Crippen LogP contribution is -2.22. The Bertz CT molecular complexity index is 517. The van der Waals surface area contributed by atoms with Gasteiger partial charge in [0.05, 0.1) is 26.0 Å². The third-order valence-electron chi connectivity index (χ3n) is 2.82. The van der Waals surface area contributed by atoms with Crippen molar-refractivity contribution in [3.8, 4) is 11.5 Å². The Morgan fingerprint density at radius 3 is 2.63 bits per heavy atom. The van der Waals surface area contributed by atoms with Gasteiger partial charge in [0, 0.05) is 5.38 Å². The van der Waals surface area contributed by atoms with Crippen LogP contribution in [0.15, 0.2) is 23.6 Å². The predicted octanol–water partition coefficient (Wildman–Crippen LogP) is 2.25. The number of methoxy groups -OCH3 is 2. The Balaban J connectivity index is 2.37. The van der Waals surface area contributed by atoms with E-state index in [0.717, 1.165) is 23.6 Å². The van der Waals surface area contributed by atoms with Gasteiger partial charge in [0.1, 0.15) is 0 Å². The van der Waals surface area contributed by atoms with Crippen molar-refractivity contribution < 1.29 is 9.47 Å². The summed E-state index contributed by atoms with van der Waals surface area (Å²) in [5, 5.41) is 9.49. The van der Waals surface area contributed by atoms with Gasteiger partial charge in [0.25, 0.3) is 0 Å². The van der Waals surface area contributed by atoms with Crippen LogP contribution in [0.5, 0.6) is 11.5 Å². The van der Waals surface area contributed by atoms with Crippen molar-refractivity contribution in [2.45, 2.75) is 13.0 Å². The van der Waals surface area contributed by atoms with Gasteiger partial charge in [-0.25, -0.2) is 0 Å². The molecule has 0 spiro atoms. The summed E-state index contributed by atoms with van der Waals surface area (Å²) in [6.45, 7) is 2.91. The maximum Gasteiger partial charge on any atom is 0.161 e. The molecule has 0 aliphatic heterocycles. The van der Waals surface area contributed by atoms with E-state index in [1.807, 2.05) is 23.6 Å². The number of aromatic nitrogens is 2. The number of hydrogen-bond donors (Lipinski definition) is 1. The van der Waals surface area contributed by atoms with E-state index < -0.39 is 0 Å². The molecule has 19 heavy (non-hydrogen) atoms. The van der Waals surface area contributed by atoms with Crippen LogP contribution < -0.4 is 14.8 Å². The lowest BCUT2D eigenvalue weighted by atomic mass is 10.0. The summed E-state index contributed by atoms with van der Waals surface area (Å²) in [5.74, 6) is 1.43. The lowest BCUT2D eigenvalue weighted by Gasteiger charge is -2.17. The highest BCUT2D eigenvalue weighted by atomic mass is 32.1. The summed E-state index contributed by atoms with van der Waals surface area (Å²) < 4.78 is 14.5. The van der Waals surface area contributed by atoms with Crippen LogP contribution in [0.1, 0.15) is 24.2 Å². The van der Waals surface area contributed by atoms with Gasteiger partial charge in [-0.05, 0) is 35.8 Å². The molecule has 0 amide bonds. The van der Waals surface area contributed by atoms with Gasteiger partial charge in [-0.3, -0.25) is 0 Å². The summed E-state index contributed by atoms with van der Waals surface area (Å²) in [7, 11) is 3.26. The molecule has 0 aliphatic rings. The molecule has 1 aromatic heterocycles. The first-order valence-corrected chi connectivity index (χ1v) is 6.86. The maximum absolute atomic E-state index is 5.34. The summed E-state index contributed by atoms with van der Waals surface area (Å²) >= 11 is 1.35. The summed E-state index contributed by atoms with van der Waals surface area (Å²) in [6, 6.07) is 5.89. The van der Waals surface area contributed by atoms with Crippen LogP contribution in [0.4, 0.5) is 0 Å². The van der Waals surface area contributed by atoms with E-state index >= 15 is 0 Å². The number of hydrogen-bond acceptors (Lipinski definition) is 6. The minimum atomic E-state index is 0.0172. The first kappa shape index (κ1) is 13.8. The fraction of sp³-hybridized carbons (Fsp3) is 0.385. The van der Waals surface area contributed by atoms with E-state index in [0.29, 0.717) is 5.75 Å². The normalized spacial score (nSPS) is 12.2. The second-order valence-electron chi connectivity index (χ2n) is 3.93. The highest BCUT2D eigenvalue weighted by molar-refractivity contribution is 7.03. The average Bonchev–Trinajstić information content (AvgIpc) is 2.98. The first-order valence-electron chi connectivity index (χ1n) is 6.02. The van der Waals surface area contributed by atoms with Crippen molar-refractivity contribution in [2.75, 3.05) is 20.8 Å². The monoisotopic (exact) mass is 279 g/mol. The van der Waals surface area contributed by atoms with Crippen molar-refractivity contribution in [3.63, 3.8) is 0 Å². The van der Waals surface area contributed by atoms with Crippen molar-refractivity contribution in [1.29, 1.82) is 0 Å². The molecule has 0 saturated carbocycles. The molecule has 5 nitrogen and oxygen atoms in total. The van der Waals surface area contributed by atoms with Crippen molar-refractivity contribution in [3.05, 3.63) is 34.8 Å². The van der Waals surface area contributed by atoms with Crippen LogP contribution in [-0.2, 0) is 0 Å². The van der Waals surface area contributed by atoms with Gasteiger partial charge in [-0.2, -0.15) is 0 Å². The average molecular weight is 279 g/mol. The fourth-order valence-electron chi connectivity index (χ4n) is 1.93. The lowest BCUT2D eigenvalue weighted by molar-refractivity contribution is 0.354. The zero-order chi connectivity index (χ0) is 13.7. The Hall–Kier alpha value is -1.66. The third-order valence-corrected chi connectivity index (χ3v) is 3.34. The maximum atomic E-state index is 5.34. The zero-order valence-corrected chi connectivity index (χ0v) is 12.0. The molecule has 0 fully saturated rings. The molecule has 1 aromatic carbocycles. The zero-order valence-electron chi connectivity index (χ0n) is 11.2. The van der Waals surface area contributed by atoms with Crippen LogP contribution in [-0.4, -0.2) is 30.4 Å². The molecule has 1 heterocycles. The Labute approximate surface area is 116 Å². The van der Waals surface area contributed by atoms with Gasteiger partial charge in [0.2, 0.25) is 0 Å². The molecule has 1 unspecified atom stereocenters. The minimum absolute atomic E-state index is 0.0172. The van der Waals surface area contributed by atoms with Crippen LogP contribution in [0, 0.1) is 0 Å². The van der Waals surface area contributed by atoms with E-state index in [4.69, 9.17) is 9.47 Å². The molecule has 0 bridgehead atoms. The van der Waals surface area contributed by atoms with Crippen LogP contribution in [0.3, 0.4) is 0 Å². The quantitative estimate of drug-likeness (QED) is 0.879. The van der Waals surface area contributed by atoms with E-state index in [9.17, 15) is 0 Å². The molecule has 2 rings (SSSR count). The number of nitrogens with zero attached hydrogens (tertiary/aromatic N) is 2. The largest absolute Gasteiger partial charge is 0.493 e. The van der Waals surface area contributed by atoms with E-state index in [1.165, 1.54) is 11.5 Å². The van der Waals surface area contributed by atoms with E-state index in [2.05, 4.69) is 21.8 Å². The fourth-order valence-corrected chi connectivity index (χ4v) is 2.41. The predicted molar refractivity (Wildman–Crippen MR) is 75.0 cm³/mol. The minimum Gasteiger partial charge on any atom is -0.493 e. The molecule has 1 atom stereocenters. The summed E-state index contributed by atoms with van der Waals surface area (Å²) in [4.78, 5) is 0. The summed E-state index contributed by atoms with van der Waals surface area (Å²) in [6.07, 6.45) is 0. The third kappa shape index (κ3) is 3.02. The smallest absolute Gasteiger partial charge is 0.161 e. The first-order chi connectivity index (χ1) is 9.30. The highest BCUT2D eigenvalue weighted by Crippen LogP contribution is 2.31. The van der Waals surface area contributed by atoms with E-state index in [-0.39, 0.29) is 6.04 Å². The molecule has 6 heteroatoms. The van der Waals surface area contributed by atoms with Crippen molar-refractivity contribution in [2.24, 2.45) is 0 Å². The number of nitrogens with one attached hydrogen (secondary N) is 1. The van der Waals surface area contributed by atoms with Gasteiger partial charge in [-0.15, -0.1) is 5.10 Å². The van der Waals surface area contributed by atoms with Gasteiger partial charge >= 0.3 is 0 Å². The molecular formula is C13H17N3O2S. The number of ether oxygens (including phenoxy) is 2. The molecule has 0 radical (unpaired) electrons. The number of benzene rings is 1. The highest BCUT2D eigenvalue weighted by Gasteiger charge is 2.17. The SMILES string of the molecule is CCNC(c1ccc(OC)c(OC)c1)c1csnn1. The van der Waals surface area contributed by atoms with Crippen LogP contribution in [0.25, 0.3) is 0 Å². The number of rotatable bonds is 6. The molecule has 2 aromatic rings. The Morgan fingerprint density at radius 2 is 2.05 bits per heavy atom. The molecule has 0 aliphatic carbocycles. The standard InChI is InChI=1S/C13H17N3O2S/c1-4-14-13(10-8-19-16-15-10)9-5-6-11(17-2)12(7-9)18-3/h5-8,13-14H,4H2,1-3H3. The Morgan fingerprint density at radius 1 is 1.26 bits per heavy atom. The van der Waals surface area contributed by atoms with Gasteiger partial charge < -0.3 is 14.8 Å². The molecule has 1 N–H and O–H groups in total. The second-order valence-corrected chi connectivity index (χ2v) is 4.54. The summed E-state index contributed by atoms with van der Waals surface area (Å²) in [5.41, 5.74) is 1.99. The van der Waals surface area contributed by atoms with Crippen molar-refractivity contribution in [1.82, 2.24) is 14.9 Å².